The second kappa shape index (κ2) is 8.56. The fourth-order valence-electron chi connectivity index (χ4n) is 3.33. The second-order valence-corrected chi connectivity index (χ2v) is 7.32. The number of allylic oxidation sites excluding steroid dienone is 1. The molecule has 26 heavy (non-hydrogen) atoms. The van der Waals surface area contributed by atoms with Crippen LogP contribution in [0.4, 0.5) is 10.1 Å². The number of anilines is 1. The van der Waals surface area contributed by atoms with Crippen molar-refractivity contribution < 1.29 is 4.39 Å². The summed E-state index contributed by atoms with van der Waals surface area (Å²) in [6.07, 6.45) is 5.13. The molecule has 0 unspecified atom stereocenters. The van der Waals surface area contributed by atoms with Gasteiger partial charge in [-0.25, -0.2) is 4.39 Å². The van der Waals surface area contributed by atoms with Crippen LogP contribution in [0.1, 0.15) is 18.1 Å². The first kappa shape index (κ1) is 18.7. The molecular formula is C21H25ClFN3. The van der Waals surface area contributed by atoms with Crippen LogP contribution < -0.4 is 5.73 Å². The Morgan fingerprint density at radius 3 is 2.65 bits per heavy atom. The highest BCUT2D eigenvalue weighted by Crippen LogP contribution is 2.19. The zero-order valence-electron chi connectivity index (χ0n) is 15.0. The number of benzene rings is 2. The van der Waals surface area contributed by atoms with Crippen molar-refractivity contribution in [2.45, 2.75) is 25.9 Å². The SMILES string of the molecule is C[C@@H]1CN(Cc2ccc(F)cc2)CCN1/C=C/Cc1ccc(Cl)cc1N. The molecule has 0 saturated carbocycles. The molecule has 0 spiro atoms. The monoisotopic (exact) mass is 373 g/mol. The van der Waals surface area contributed by atoms with Gasteiger partial charge in [0.15, 0.2) is 0 Å². The van der Waals surface area contributed by atoms with E-state index in [0.29, 0.717) is 11.1 Å². The molecule has 1 heterocycles. The quantitative estimate of drug-likeness (QED) is 0.792. The minimum absolute atomic E-state index is 0.182. The molecule has 0 amide bonds. The third-order valence-corrected chi connectivity index (χ3v) is 5.06. The molecule has 0 aromatic heterocycles. The zero-order valence-corrected chi connectivity index (χ0v) is 15.8. The molecule has 3 rings (SSSR count). The maximum Gasteiger partial charge on any atom is 0.123 e. The van der Waals surface area contributed by atoms with Crippen LogP contribution in [0, 0.1) is 5.82 Å². The van der Waals surface area contributed by atoms with E-state index in [1.165, 1.54) is 12.1 Å². The summed E-state index contributed by atoms with van der Waals surface area (Å²) in [5, 5.41) is 0.668. The molecule has 0 bridgehead atoms. The number of hydrogen-bond acceptors (Lipinski definition) is 3. The van der Waals surface area contributed by atoms with Gasteiger partial charge in [-0.2, -0.15) is 0 Å². The molecule has 3 nitrogen and oxygen atoms in total. The molecule has 1 atom stereocenters. The van der Waals surface area contributed by atoms with E-state index in [9.17, 15) is 4.39 Å². The lowest BCUT2D eigenvalue weighted by Gasteiger charge is -2.39. The van der Waals surface area contributed by atoms with Crippen molar-refractivity contribution in [1.29, 1.82) is 0 Å². The first-order valence-electron chi connectivity index (χ1n) is 8.94. The van der Waals surface area contributed by atoms with Gasteiger partial charge in [0.1, 0.15) is 5.82 Å². The maximum absolute atomic E-state index is 13.0. The van der Waals surface area contributed by atoms with E-state index < -0.39 is 0 Å². The summed E-state index contributed by atoms with van der Waals surface area (Å²) in [6.45, 7) is 6.07. The Kier molecular flexibility index (Phi) is 6.17. The minimum atomic E-state index is -0.182. The summed E-state index contributed by atoms with van der Waals surface area (Å²) in [7, 11) is 0. The minimum Gasteiger partial charge on any atom is -0.398 e. The number of rotatable bonds is 5. The van der Waals surface area contributed by atoms with Crippen molar-refractivity contribution in [2.75, 3.05) is 25.4 Å². The lowest BCUT2D eigenvalue weighted by atomic mass is 10.1. The van der Waals surface area contributed by atoms with Crippen molar-refractivity contribution in [1.82, 2.24) is 9.80 Å². The molecule has 138 valence electrons. The Bertz CT molecular complexity index is 760. The van der Waals surface area contributed by atoms with E-state index in [1.807, 2.05) is 24.3 Å². The van der Waals surface area contributed by atoms with Gasteiger partial charge in [-0.05, 0) is 54.9 Å². The highest BCUT2D eigenvalue weighted by atomic mass is 35.5. The summed E-state index contributed by atoms with van der Waals surface area (Å²) >= 11 is 5.94. The van der Waals surface area contributed by atoms with Crippen LogP contribution in [0.15, 0.2) is 54.7 Å². The van der Waals surface area contributed by atoms with E-state index >= 15 is 0 Å². The molecule has 2 N–H and O–H groups in total. The highest BCUT2D eigenvalue weighted by Gasteiger charge is 2.21. The topological polar surface area (TPSA) is 32.5 Å². The van der Waals surface area contributed by atoms with Gasteiger partial charge in [0.25, 0.3) is 0 Å². The van der Waals surface area contributed by atoms with Gasteiger partial charge in [-0.1, -0.05) is 35.9 Å². The molecular weight excluding hydrogens is 349 g/mol. The normalized spacial score (nSPS) is 18.6. The standard InChI is InChI=1S/C21H25ClFN3/c1-16-14-25(15-17-4-8-20(23)9-5-17)11-12-26(16)10-2-3-18-6-7-19(22)13-21(18)24/h2,4-10,13,16H,3,11-12,14-15,24H2,1H3/b10-2+/t16-/m1/s1. The van der Waals surface area contributed by atoms with Gasteiger partial charge in [0, 0.05) is 42.9 Å². The molecule has 2 aromatic rings. The van der Waals surface area contributed by atoms with Crippen LogP contribution in [-0.4, -0.2) is 35.5 Å². The van der Waals surface area contributed by atoms with Gasteiger partial charge in [-0.15, -0.1) is 0 Å². The molecule has 1 aliphatic heterocycles. The second-order valence-electron chi connectivity index (χ2n) is 6.88. The summed E-state index contributed by atoms with van der Waals surface area (Å²) < 4.78 is 13.0. The number of nitrogens with two attached hydrogens (primary N) is 1. The average molecular weight is 374 g/mol. The van der Waals surface area contributed by atoms with Crippen LogP contribution in [0.5, 0.6) is 0 Å². The fourth-order valence-corrected chi connectivity index (χ4v) is 3.51. The maximum atomic E-state index is 13.0. The largest absolute Gasteiger partial charge is 0.398 e. The molecule has 0 radical (unpaired) electrons. The first-order valence-corrected chi connectivity index (χ1v) is 9.32. The molecule has 1 fully saturated rings. The molecule has 2 aromatic carbocycles. The molecule has 0 aliphatic carbocycles. The van der Waals surface area contributed by atoms with E-state index in [1.54, 1.807) is 6.07 Å². The van der Waals surface area contributed by atoms with Crippen LogP contribution in [0.25, 0.3) is 0 Å². The van der Waals surface area contributed by atoms with Crippen LogP contribution in [0.2, 0.25) is 5.02 Å². The smallest absolute Gasteiger partial charge is 0.123 e. The Labute approximate surface area is 159 Å². The van der Waals surface area contributed by atoms with Gasteiger partial charge >= 0.3 is 0 Å². The number of nitrogens with zero attached hydrogens (tertiary/aromatic N) is 2. The van der Waals surface area contributed by atoms with E-state index in [4.69, 9.17) is 17.3 Å². The molecule has 5 heteroatoms. The Balaban J connectivity index is 1.51. The van der Waals surface area contributed by atoms with Gasteiger partial charge < -0.3 is 10.6 Å². The molecule has 1 saturated heterocycles. The summed E-state index contributed by atoms with van der Waals surface area (Å²) in [4.78, 5) is 4.78. The Hall–Kier alpha value is -2.04. The van der Waals surface area contributed by atoms with Crippen molar-refractivity contribution in [2.24, 2.45) is 0 Å². The van der Waals surface area contributed by atoms with E-state index in [0.717, 1.165) is 49.4 Å². The van der Waals surface area contributed by atoms with Crippen molar-refractivity contribution in [3.63, 3.8) is 0 Å². The Morgan fingerprint density at radius 2 is 1.96 bits per heavy atom. The van der Waals surface area contributed by atoms with Crippen molar-refractivity contribution >= 4 is 17.3 Å². The highest BCUT2D eigenvalue weighted by molar-refractivity contribution is 6.30. The number of piperazine rings is 1. The first-order chi connectivity index (χ1) is 12.5. The Morgan fingerprint density at radius 1 is 1.19 bits per heavy atom. The summed E-state index contributed by atoms with van der Waals surface area (Å²) in [6, 6.07) is 12.9. The number of nitrogen functional groups attached to an aromatic ring is 1. The predicted molar refractivity (Wildman–Crippen MR) is 107 cm³/mol. The third kappa shape index (κ3) is 4.99. The van der Waals surface area contributed by atoms with Gasteiger partial charge in [0.2, 0.25) is 0 Å². The molecule has 1 aliphatic rings. The summed E-state index contributed by atoms with van der Waals surface area (Å²) in [5.41, 5.74) is 8.99. The van der Waals surface area contributed by atoms with Crippen LogP contribution >= 0.6 is 11.6 Å². The van der Waals surface area contributed by atoms with Crippen molar-refractivity contribution in [3.05, 3.63) is 76.7 Å². The van der Waals surface area contributed by atoms with Crippen LogP contribution in [0.3, 0.4) is 0 Å². The predicted octanol–water partition coefficient (Wildman–Crippen LogP) is 4.32. The van der Waals surface area contributed by atoms with Gasteiger partial charge in [0.05, 0.1) is 0 Å². The zero-order chi connectivity index (χ0) is 18.5. The van der Waals surface area contributed by atoms with Crippen LogP contribution in [-0.2, 0) is 13.0 Å². The number of hydrogen-bond donors (Lipinski definition) is 1. The van der Waals surface area contributed by atoms with Crippen molar-refractivity contribution in [3.8, 4) is 0 Å². The average Bonchev–Trinajstić information content (AvgIpc) is 2.60. The van der Waals surface area contributed by atoms with E-state index in [2.05, 4.69) is 29.0 Å². The number of halogens is 2. The third-order valence-electron chi connectivity index (χ3n) is 4.83. The summed E-state index contributed by atoms with van der Waals surface area (Å²) in [5.74, 6) is -0.182. The van der Waals surface area contributed by atoms with E-state index in [-0.39, 0.29) is 5.82 Å². The fraction of sp³-hybridized carbons (Fsp3) is 0.333. The lowest BCUT2D eigenvalue weighted by Crippen LogP contribution is -2.49. The van der Waals surface area contributed by atoms with Gasteiger partial charge in [-0.3, -0.25) is 4.90 Å². The lowest BCUT2D eigenvalue weighted by molar-refractivity contribution is 0.115.